The minimum absolute atomic E-state index is 0.0168. The molecule has 4 rings (SSSR count). The van der Waals surface area contributed by atoms with E-state index in [0.29, 0.717) is 34.9 Å². The lowest BCUT2D eigenvalue weighted by molar-refractivity contribution is -0.244. The third kappa shape index (κ3) is 5.99. The molecule has 0 radical (unpaired) electrons. The van der Waals surface area contributed by atoms with Crippen LogP contribution in [0.4, 0.5) is 11.4 Å². The lowest BCUT2D eigenvalue weighted by atomic mass is 10.0. The Bertz CT molecular complexity index is 1530. The first-order valence-electron chi connectivity index (χ1n) is 12.7. The third-order valence-electron chi connectivity index (χ3n) is 6.57. The van der Waals surface area contributed by atoms with Crippen LogP contribution < -0.4 is 26.2 Å². The van der Waals surface area contributed by atoms with Crippen LogP contribution in [0.3, 0.4) is 0 Å². The highest BCUT2D eigenvalue weighted by Crippen LogP contribution is 2.21. The molecule has 1 amide bonds. The molecular weight excluding hydrogens is 500 g/mol. The lowest BCUT2D eigenvalue weighted by Crippen LogP contribution is -2.47. The number of amides is 1. The van der Waals surface area contributed by atoms with Gasteiger partial charge in [-0.2, -0.15) is 5.01 Å². The Hall–Kier alpha value is -4.09. The number of pyridine rings is 1. The number of rotatable bonds is 11. The first-order chi connectivity index (χ1) is 18.9. The van der Waals surface area contributed by atoms with E-state index in [-0.39, 0.29) is 36.7 Å². The Morgan fingerprint density at radius 2 is 1.67 bits per heavy atom. The van der Waals surface area contributed by atoms with E-state index in [1.807, 2.05) is 68.4 Å². The van der Waals surface area contributed by atoms with E-state index < -0.39 is 0 Å². The Balaban J connectivity index is 1.77. The number of hydrogen-bond donors (Lipinski definition) is 2. The molecule has 10 nitrogen and oxygen atoms in total. The van der Waals surface area contributed by atoms with Crippen LogP contribution in [-0.4, -0.2) is 48.3 Å². The van der Waals surface area contributed by atoms with Gasteiger partial charge in [-0.15, -0.1) is 5.10 Å². The molecule has 0 aliphatic carbocycles. The lowest BCUT2D eigenvalue weighted by Gasteiger charge is -2.13. The molecule has 2 heterocycles. The fraction of sp³-hybridized carbons (Fsp3) is 0.276. The van der Waals surface area contributed by atoms with Crippen molar-refractivity contribution in [3.63, 3.8) is 0 Å². The molecular formula is C29H32N4O6. The standard InChI is InChI=1S/C29H32N4O6/c1-4-24-25(7-5-6-20-8-12-22(13-9-20)31(2)3)28(34)32(17-19-39-37)27-26(24)29(35)33(30-27)23-14-10-21(11-15-23)16-18-38-36/h5-15,36-37H,4,16-19H2,1-3H3/b6-5+,25-7-. The van der Waals surface area contributed by atoms with Crippen molar-refractivity contribution >= 4 is 29.4 Å². The number of hydrogen-bond acceptors (Lipinski definition) is 8. The molecule has 3 aromatic rings. The molecule has 0 unspecified atom stereocenters. The quantitative estimate of drug-likeness (QED) is 0.288. The van der Waals surface area contributed by atoms with Gasteiger partial charge in [0.25, 0.3) is 11.5 Å². The molecule has 0 bridgehead atoms. The van der Waals surface area contributed by atoms with E-state index in [1.54, 1.807) is 24.3 Å². The van der Waals surface area contributed by atoms with Gasteiger partial charge < -0.3 is 4.90 Å². The van der Waals surface area contributed by atoms with Crippen LogP contribution in [0.1, 0.15) is 34.0 Å². The van der Waals surface area contributed by atoms with Crippen molar-refractivity contribution in [1.29, 1.82) is 0 Å². The Morgan fingerprint density at radius 3 is 2.28 bits per heavy atom. The summed E-state index contributed by atoms with van der Waals surface area (Å²) in [6, 6.07) is 15.1. The number of aromatic nitrogens is 1. The van der Waals surface area contributed by atoms with E-state index in [4.69, 9.17) is 10.5 Å². The molecule has 204 valence electrons. The van der Waals surface area contributed by atoms with E-state index in [2.05, 4.69) is 14.9 Å². The van der Waals surface area contributed by atoms with Gasteiger partial charge in [0.2, 0.25) is 0 Å². The second kappa shape index (κ2) is 12.6. The van der Waals surface area contributed by atoms with Gasteiger partial charge in [-0.1, -0.05) is 43.3 Å². The second-order valence-corrected chi connectivity index (χ2v) is 9.21. The molecule has 0 saturated carbocycles. The van der Waals surface area contributed by atoms with Gasteiger partial charge in [-0.3, -0.25) is 24.7 Å². The summed E-state index contributed by atoms with van der Waals surface area (Å²) < 4.78 is 1.36. The van der Waals surface area contributed by atoms with Crippen molar-refractivity contribution < 1.29 is 25.1 Å². The monoisotopic (exact) mass is 532 g/mol. The first-order valence-corrected chi connectivity index (χ1v) is 12.7. The molecule has 1 aliphatic rings. The number of anilines is 2. The SMILES string of the molecule is CCc1c2c(n(CCOO)c(=O)/c1=C\C=C\c1ccc(N(C)C)cc1)=NN(c1ccc(CCOO)cc1)C2=O. The molecule has 0 fully saturated rings. The summed E-state index contributed by atoms with van der Waals surface area (Å²) in [5.41, 5.74) is 4.37. The van der Waals surface area contributed by atoms with Gasteiger partial charge in [0.15, 0.2) is 5.49 Å². The van der Waals surface area contributed by atoms with Gasteiger partial charge in [-0.05, 0) is 59.9 Å². The fourth-order valence-corrected chi connectivity index (χ4v) is 4.51. The maximum absolute atomic E-state index is 13.7. The average Bonchev–Trinajstić information content (AvgIpc) is 3.28. The number of allylic oxidation sites excluding steroid dienone is 1. The number of carbonyl (C=O) groups excluding carboxylic acids is 1. The van der Waals surface area contributed by atoms with Gasteiger partial charge in [0.05, 0.1) is 24.4 Å². The van der Waals surface area contributed by atoms with Crippen LogP contribution in [-0.2, 0) is 29.2 Å². The molecule has 10 heteroatoms. The number of fused-ring (bicyclic) bond motifs is 1. The summed E-state index contributed by atoms with van der Waals surface area (Å²) in [4.78, 5) is 37.7. The Labute approximate surface area is 225 Å². The maximum Gasteiger partial charge on any atom is 0.282 e. The predicted molar refractivity (Wildman–Crippen MR) is 149 cm³/mol. The first kappa shape index (κ1) is 27.9. The fourth-order valence-electron chi connectivity index (χ4n) is 4.51. The smallest absolute Gasteiger partial charge is 0.282 e. The number of carbonyl (C=O) groups is 1. The molecule has 39 heavy (non-hydrogen) atoms. The highest BCUT2D eigenvalue weighted by molar-refractivity contribution is 6.08. The van der Waals surface area contributed by atoms with Crippen molar-refractivity contribution in [2.75, 3.05) is 37.2 Å². The third-order valence-corrected chi connectivity index (χ3v) is 6.57. The zero-order valence-corrected chi connectivity index (χ0v) is 22.2. The van der Waals surface area contributed by atoms with Gasteiger partial charge >= 0.3 is 0 Å². The van der Waals surface area contributed by atoms with Crippen LogP contribution >= 0.6 is 0 Å². The van der Waals surface area contributed by atoms with Crippen molar-refractivity contribution in [3.05, 3.63) is 97.9 Å². The van der Waals surface area contributed by atoms with Crippen molar-refractivity contribution in [3.8, 4) is 0 Å². The second-order valence-electron chi connectivity index (χ2n) is 9.21. The zero-order valence-electron chi connectivity index (χ0n) is 22.2. The Kier molecular flexibility index (Phi) is 9.05. The maximum atomic E-state index is 13.7. The van der Waals surface area contributed by atoms with Crippen molar-refractivity contribution in [2.45, 2.75) is 26.3 Å². The Morgan fingerprint density at radius 1 is 0.974 bits per heavy atom. The van der Waals surface area contributed by atoms with E-state index in [9.17, 15) is 9.59 Å². The zero-order chi connectivity index (χ0) is 27.9. The van der Waals surface area contributed by atoms with Crippen LogP contribution in [0.5, 0.6) is 0 Å². The van der Waals surface area contributed by atoms with Crippen LogP contribution in [0.15, 0.2) is 64.5 Å². The topological polar surface area (TPSA) is 117 Å². The highest BCUT2D eigenvalue weighted by Gasteiger charge is 2.31. The normalized spacial score (nSPS) is 13.3. The molecule has 2 aromatic carbocycles. The molecule has 0 saturated heterocycles. The summed E-state index contributed by atoms with van der Waals surface area (Å²) in [6.07, 6.45) is 6.36. The van der Waals surface area contributed by atoms with E-state index in [0.717, 1.165) is 16.8 Å². The minimum Gasteiger partial charge on any atom is -0.378 e. The predicted octanol–water partition coefficient (Wildman–Crippen LogP) is 2.69. The van der Waals surface area contributed by atoms with Gasteiger partial charge in [-0.25, -0.2) is 9.78 Å². The van der Waals surface area contributed by atoms with Crippen LogP contribution in [0.2, 0.25) is 0 Å². The molecule has 0 atom stereocenters. The van der Waals surface area contributed by atoms with Crippen LogP contribution in [0.25, 0.3) is 12.2 Å². The summed E-state index contributed by atoms with van der Waals surface area (Å²) in [7, 11) is 3.95. The van der Waals surface area contributed by atoms with Gasteiger partial charge in [0.1, 0.15) is 6.61 Å². The van der Waals surface area contributed by atoms with Crippen molar-refractivity contribution in [1.82, 2.24) is 4.57 Å². The molecule has 1 aromatic heterocycles. The molecule has 0 spiro atoms. The minimum atomic E-state index is -0.343. The average molecular weight is 533 g/mol. The van der Waals surface area contributed by atoms with Crippen molar-refractivity contribution in [2.24, 2.45) is 5.10 Å². The van der Waals surface area contributed by atoms with E-state index in [1.165, 1.54) is 9.58 Å². The van der Waals surface area contributed by atoms with E-state index >= 15 is 0 Å². The van der Waals surface area contributed by atoms with Crippen LogP contribution in [0, 0.1) is 0 Å². The molecule has 2 N–H and O–H groups in total. The molecule has 1 aliphatic heterocycles. The highest BCUT2D eigenvalue weighted by atomic mass is 17.1. The number of benzene rings is 2. The summed E-state index contributed by atoms with van der Waals surface area (Å²) in [6.45, 7) is 1.93. The largest absolute Gasteiger partial charge is 0.378 e. The summed E-state index contributed by atoms with van der Waals surface area (Å²) in [5.74, 6) is -0.343. The summed E-state index contributed by atoms with van der Waals surface area (Å²) in [5, 5.41) is 23.7. The van der Waals surface area contributed by atoms with Gasteiger partial charge in [0, 0.05) is 25.0 Å². The summed E-state index contributed by atoms with van der Waals surface area (Å²) >= 11 is 0. The number of nitrogens with zero attached hydrogens (tertiary/aromatic N) is 4.